The summed E-state index contributed by atoms with van der Waals surface area (Å²) in [4.78, 5) is 13.1. The SMILES string of the molecule is O=CC1CCN(CCS(=O)(=O)c2ccc(Cl)cc2)CC1. The Kier molecular flexibility index (Phi) is 5.18. The fraction of sp³-hybridized carbons (Fsp3) is 0.500. The molecule has 1 heterocycles. The molecule has 0 aromatic heterocycles. The lowest BCUT2D eigenvalue weighted by atomic mass is 9.99. The van der Waals surface area contributed by atoms with Crippen LogP contribution in [-0.2, 0) is 14.6 Å². The normalized spacial score (nSPS) is 18.1. The number of hydrogen-bond donors (Lipinski definition) is 0. The number of rotatable bonds is 5. The largest absolute Gasteiger partial charge is 0.303 e. The van der Waals surface area contributed by atoms with Crippen molar-refractivity contribution in [2.24, 2.45) is 5.92 Å². The van der Waals surface area contributed by atoms with Gasteiger partial charge in [-0.05, 0) is 50.2 Å². The van der Waals surface area contributed by atoms with Crippen LogP contribution in [0.2, 0.25) is 5.02 Å². The van der Waals surface area contributed by atoms with Crippen molar-refractivity contribution in [2.45, 2.75) is 17.7 Å². The van der Waals surface area contributed by atoms with Crippen LogP contribution in [0, 0.1) is 5.92 Å². The molecule has 0 amide bonds. The summed E-state index contributed by atoms with van der Waals surface area (Å²) >= 11 is 5.76. The van der Waals surface area contributed by atoms with Crippen LogP contribution in [0.3, 0.4) is 0 Å². The highest BCUT2D eigenvalue weighted by Gasteiger charge is 2.21. The topological polar surface area (TPSA) is 54.5 Å². The van der Waals surface area contributed by atoms with Gasteiger partial charge < -0.3 is 9.69 Å². The third-order valence-corrected chi connectivity index (χ3v) is 5.64. The van der Waals surface area contributed by atoms with Crippen LogP contribution >= 0.6 is 11.6 Å². The molecule has 1 fully saturated rings. The first-order chi connectivity index (χ1) is 9.51. The fourth-order valence-electron chi connectivity index (χ4n) is 2.32. The Morgan fingerprint density at radius 1 is 1.20 bits per heavy atom. The number of carbonyl (C=O) groups is 1. The molecule has 1 aromatic carbocycles. The van der Waals surface area contributed by atoms with Gasteiger partial charge in [-0.1, -0.05) is 11.6 Å². The molecule has 1 aliphatic heterocycles. The van der Waals surface area contributed by atoms with E-state index in [1.54, 1.807) is 12.1 Å². The lowest BCUT2D eigenvalue weighted by Crippen LogP contribution is -2.37. The van der Waals surface area contributed by atoms with Crippen LogP contribution in [0.5, 0.6) is 0 Å². The van der Waals surface area contributed by atoms with Crippen molar-refractivity contribution in [1.82, 2.24) is 4.90 Å². The predicted molar refractivity (Wildman–Crippen MR) is 78.7 cm³/mol. The number of halogens is 1. The van der Waals surface area contributed by atoms with Gasteiger partial charge in [-0.3, -0.25) is 0 Å². The first-order valence-electron chi connectivity index (χ1n) is 6.67. The molecular weight excluding hydrogens is 298 g/mol. The van der Waals surface area contributed by atoms with Gasteiger partial charge in [0.05, 0.1) is 10.6 Å². The van der Waals surface area contributed by atoms with E-state index in [0.717, 1.165) is 32.2 Å². The Morgan fingerprint density at radius 3 is 2.35 bits per heavy atom. The monoisotopic (exact) mass is 315 g/mol. The smallest absolute Gasteiger partial charge is 0.179 e. The number of carbonyl (C=O) groups excluding carboxylic acids is 1. The van der Waals surface area contributed by atoms with Crippen molar-refractivity contribution in [3.63, 3.8) is 0 Å². The van der Waals surface area contributed by atoms with Crippen LogP contribution in [0.15, 0.2) is 29.2 Å². The van der Waals surface area contributed by atoms with Crippen molar-refractivity contribution >= 4 is 27.7 Å². The van der Waals surface area contributed by atoms with E-state index in [-0.39, 0.29) is 11.7 Å². The molecule has 0 saturated carbocycles. The van der Waals surface area contributed by atoms with Gasteiger partial charge in [0.25, 0.3) is 0 Å². The molecule has 0 unspecified atom stereocenters. The second-order valence-corrected chi connectivity index (χ2v) is 7.63. The van der Waals surface area contributed by atoms with Crippen LogP contribution in [-0.4, -0.2) is 45.0 Å². The molecule has 0 radical (unpaired) electrons. The standard InChI is InChI=1S/C14H18ClNO3S/c15-13-1-3-14(4-2-13)20(18,19)10-9-16-7-5-12(11-17)6-8-16/h1-4,11-12H,5-10H2. The number of sulfone groups is 1. The zero-order valence-electron chi connectivity index (χ0n) is 11.2. The Bertz CT molecular complexity index is 548. The summed E-state index contributed by atoms with van der Waals surface area (Å²) in [5.74, 6) is 0.236. The number of piperidine rings is 1. The van der Waals surface area contributed by atoms with Gasteiger partial charge in [-0.15, -0.1) is 0 Å². The average Bonchev–Trinajstić information content (AvgIpc) is 2.46. The quantitative estimate of drug-likeness (QED) is 0.780. The summed E-state index contributed by atoms with van der Waals surface area (Å²) < 4.78 is 24.4. The Labute approximate surface area is 124 Å². The van der Waals surface area contributed by atoms with Gasteiger partial charge >= 0.3 is 0 Å². The first kappa shape index (κ1) is 15.5. The number of benzene rings is 1. The fourth-order valence-corrected chi connectivity index (χ4v) is 3.73. The molecular formula is C14H18ClNO3S. The average molecular weight is 316 g/mol. The predicted octanol–water partition coefficient (Wildman–Crippen LogP) is 2.02. The number of aldehydes is 1. The lowest BCUT2D eigenvalue weighted by Gasteiger charge is -2.29. The minimum absolute atomic E-state index is 0.0976. The minimum Gasteiger partial charge on any atom is -0.303 e. The van der Waals surface area contributed by atoms with Crippen molar-refractivity contribution in [2.75, 3.05) is 25.4 Å². The number of nitrogens with zero attached hydrogens (tertiary/aromatic N) is 1. The molecule has 0 bridgehead atoms. The zero-order valence-corrected chi connectivity index (χ0v) is 12.7. The number of likely N-dealkylation sites (tertiary alicyclic amines) is 1. The number of hydrogen-bond acceptors (Lipinski definition) is 4. The van der Waals surface area contributed by atoms with Gasteiger partial charge in [0.2, 0.25) is 0 Å². The maximum Gasteiger partial charge on any atom is 0.179 e. The maximum absolute atomic E-state index is 12.2. The summed E-state index contributed by atoms with van der Waals surface area (Å²) in [6.07, 6.45) is 2.65. The molecule has 1 aromatic rings. The van der Waals surface area contributed by atoms with E-state index in [2.05, 4.69) is 4.90 Å². The lowest BCUT2D eigenvalue weighted by molar-refractivity contribution is -0.112. The second kappa shape index (κ2) is 6.70. The first-order valence-corrected chi connectivity index (χ1v) is 8.70. The third kappa shape index (κ3) is 4.04. The summed E-state index contributed by atoms with van der Waals surface area (Å²) in [6.45, 7) is 2.09. The Hall–Kier alpha value is -0.910. The maximum atomic E-state index is 12.2. The molecule has 6 heteroatoms. The molecule has 1 saturated heterocycles. The van der Waals surface area contributed by atoms with E-state index in [1.165, 1.54) is 12.1 Å². The molecule has 2 rings (SSSR count). The highest BCUT2D eigenvalue weighted by atomic mass is 35.5. The van der Waals surface area contributed by atoms with E-state index in [1.807, 2.05) is 0 Å². The van der Waals surface area contributed by atoms with Gasteiger partial charge in [-0.2, -0.15) is 0 Å². The summed E-state index contributed by atoms with van der Waals surface area (Å²) in [5, 5.41) is 0.528. The molecule has 20 heavy (non-hydrogen) atoms. The van der Waals surface area contributed by atoms with E-state index in [0.29, 0.717) is 16.5 Å². The van der Waals surface area contributed by atoms with Gasteiger partial charge in [0, 0.05) is 17.5 Å². The molecule has 0 spiro atoms. The Morgan fingerprint density at radius 2 is 1.80 bits per heavy atom. The van der Waals surface area contributed by atoms with Crippen LogP contribution < -0.4 is 0 Å². The molecule has 4 nitrogen and oxygen atoms in total. The summed E-state index contributed by atoms with van der Waals surface area (Å²) in [7, 11) is -3.27. The van der Waals surface area contributed by atoms with Gasteiger partial charge in [0.15, 0.2) is 9.84 Å². The van der Waals surface area contributed by atoms with Crippen molar-refractivity contribution in [1.29, 1.82) is 0 Å². The summed E-state index contributed by atoms with van der Waals surface area (Å²) in [5.41, 5.74) is 0. The van der Waals surface area contributed by atoms with Crippen LogP contribution in [0.4, 0.5) is 0 Å². The van der Waals surface area contributed by atoms with Crippen molar-refractivity contribution < 1.29 is 13.2 Å². The molecule has 0 atom stereocenters. The van der Waals surface area contributed by atoms with Crippen LogP contribution in [0.1, 0.15) is 12.8 Å². The molecule has 0 N–H and O–H groups in total. The second-order valence-electron chi connectivity index (χ2n) is 5.09. The van der Waals surface area contributed by atoms with Gasteiger partial charge in [-0.25, -0.2) is 8.42 Å². The third-order valence-electron chi connectivity index (χ3n) is 3.67. The van der Waals surface area contributed by atoms with E-state index in [4.69, 9.17) is 11.6 Å². The highest BCUT2D eigenvalue weighted by Crippen LogP contribution is 2.18. The molecule has 0 aliphatic carbocycles. The molecule has 1 aliphatic rings. The minimum atomic E-state index is -3.27. The summed E-state index contributed by atoms with van der Waals surface area (Å²) in [6, 6.07) is 6.25. The van der Waals surface area contributed by atoms with Gasteiger partial charge in [0.1, 0.15) is 6.29 Å². The van der Waals surface area contributed by atoms with E-state index in [9.17, 15) is 13.2 Å². The van der Waals surface area contributed by atoms with Crippen LogP contribution in [0.25, 0.3) is 0 Å². The molecule has 110 valence electrons. The van der Waals surface area contributed by atoms with Crippen molar-refractivity contribution in [3.8, 4) is 0 Å². The Balaban J connectivity index is 1.90. The van der Waals surface area contributed by atoms with E-state index < -0.39 is 9.84 Å². The van der Waals surface area contributed by atoms with E-state index >= 15 is 0 Å². The zero-order chi connectivity index (χ0) is 14.6. The highest BCUT2D eigenvalue weighted by molar-refractivity contribution is 7.91. The van der Waals surface area contributed by atoms with Crippen molar-refractivity contribution in [3.05, 3.63) is 29.3 Å².